The number of carboxylic acid groups (broad SMARTS) is 1. The molecule has 132 valence electrons. The molecule has 2 aromatic carbocycles. The predicted molar refractivity (Wildman–Crippen MR) is 92.2 cm³/mol. The second kappa shape index (κ2) is 7.65. The lowest BCUT2D eigenvalue weighted by atomic mass is 10.2. The molecule has 3 rings (SSSR count). The van der Waals surface area contributed by atoms with Crippen molar-refractivity contribution in [3.8, 4) is 17.2 Å². The highest BCUT2D eigenvalue weighted by Crippen LogP contribution is 2.38. The molecule has 0 atom stereocenters. The SMILES string of the molecule is Nc1cccc(CN(CCOc2cccc3c2OCCO3)C(=O)O)c1. The van der Waals surface area contributed by atoms with Crippen LogP contribution in [0.3, 0.4) is 0 Å². The zero-order valence-corrected chi connectivity index (χ0v) is 13.7. The summed E-state index contributed by atoms with van der Waals surface area (Å²) in [5.74, 6) is 1.75. The Balaban J connectivity index is 1.60. The Bertz CT molecular complexity index is 750. The van der Waals surface area contributed by atoms with Crippen LogP contribution in [0, 0.1) is 0 Å². The van der Waals surface area contributed by atoms with Gasteiger partial charge in [-0.3, -0.25) is 0 Å². The summed E-state index contributed by atoms with van der Waals surface area (Å²) < 4.78 is 16.8. The van der Waals surface area contributed by atoms with Crippen molar-refractivity contribution in [3.05, 3.63) is 48.0 Å². The Kier molecular flexibility index (Phi) is 5.13. The zero-order valence-electron chi connectivity index (χ0n) is 13.7. The van der Waals surface area contributed by atoms with Gasteiger partial charge in [0.05, 0.1) is 6.54 Å². The smallest absolute Gasteiger partial charge is 0.407 e. The number of nitrogens with zero attached hydrogens (tertiary/aromatic N) is 1. The number of fused-ring (bicyclic) bond motifs is 1. The molecule has 0 spiro atoms. The number of nitrogens with two attached hydrogens (primary N) is 1. The molecule has 0 saturated heterocycles. The van der Waals surface area contributed by atoms with E-state index in [1.165, 1.54) is 4.90 Å². The van der Waals surface area contributed by atoms with Crippen molar-refractivity contribution in [3.63, 3.8) is 0 Å². The molecular weight excluding hydrogens is 324 g/mol. The summed E-state index contributed by atoms with van der Waals surface area (Å²) in [6.07, 6.45) is -1.01. The van der Waals surface area contributed by atoms with Gasteiger partial charge in [-0.2, -0.15) is 0 Å². The fourth-order valence-electron chi connectivity index (χ4n) is 2.58. The number of ether oxygens (including phenoxy) is 3. The van der Waals surface area contributed by atoms with Crippen molar-refractivity contribution in [2.24, 2.45) is 0 Å². The van der Waals surface area contributed by atoms with Crippen LogP contribution in [0.4, 0.5) is 10.5 Å². The van der Waals surface area contributed by atoms with Crippen LogP contribution in [0.1, 0.15) is 5.56 Å². The molecule has 3 N–H and O–H groups in total. The van der Waals surface area contributed by atoms with E-state index >= 15 is 0 Å². The van der Waals surface area contributed by atoms with Gasteiger partial charge in [0, 0.05) is 12.2 Å². The highest BCUT2D eigenvalue weighted by molar-refractivity contribution is 5.65. The third kappa shape index (κ3) is 4.26. The van der Waals surface area contributed by atoms with E-state index in [0.717, 1.165) is 5.56 Å². The predicted octanol–water partition coefficient (Wildman–Crippen LogP) is 2.60. The maximum absolute atomic E-state index is 11.5. The van der Waals surface area contributed by atoms with Crippen LogP contribution in [0.25, 0.3) is 0 Å². The Labute approximate surface area is 145 Å². The highest BCUT2D eigenvalue weighted by atomic mass is 16.6. The minimum absolute atomic E-state index is 0.203. The van der Waals surface area contributed by atoms with Gasteiger partial charge in [-0.1, -0.05) is 18.2 Å². The topological polar surface area (TPSA) is 94.3 Å². The lowest BCUT2D eigenvalue weighted by molar-refractivity contribution is 0.129. The molecule has 0 bridgehead atoms. The molecule has 7 nitrogen and oxygen atoms in total. The number of rotatable bonds is 6. The average Bonchev–Trinajstić information content (AvgIpc) is 2.61. The monoisotopic (exact) mass is 344 g/mol. The van der Waals surface area contributed by atoms with E-state index in [9.17, 15) is 9.90 Å². The summed E-state index contributed by atoms with van der Waals surface area (Å²) in [5.41, 5.74) is 7.17. The van der Waals surface area contributed by atoms with Crippen LogP contribution in [-0.2, 0) is 6.54 Å². The molecule has 7 heteroatoms. The molecule has 1 aliphatic heterocycles. The molecule has 0 saturated carbocycles. The molecule has 0 radical (unpaired) electrons. The van der Waals surface area contributed by atoms with Crippen molar-refractivity contribution in [1.82, 2.24) is 4.90 Å². The molecule has 1 heterocycles. The molecular formula is C18H20N2O5. The largest absolute Gasteiger partial charge is 0.488 e. The third-order valence-corrected chi connectivity index (χ3v) is 3.74. The van der Waals surface area contributed by atoms with Crippen LogP contribution in [0.5, 0.6) is 17.2 Å². The first-order valence-corrected chi connectivity index (χ1v) is 7.97. The number of nitrogen functional groups attached to an aromatic ring is 1. The molecule has 0 unspecified atom stereocenters. The minimum atomic E-state index is -1.01. The molecule has 2 aromatic rings. The average molecular weight is 344 g/mol. The highest BCUT2D eigenvalue weighted by Gasteiger charge is 2.18. The van der Waals surface area contributed by atoms with Crippen LogP contribution >= 0.6 is 0 Å². The van der Waals surface area contributed by atoms with E-state index in [1.54, 1.807) is 24.3 Å². The molecule has 1 aliphatic rings. The number of carbonyl (C=O) groups is 1. The summed E-state index contributed by atoms with van der Waals surface area (Å²) in [6.45, 7) is 1.63. The summed E-state index contributed by atoms with van der Waals surface area (Å²) in [4.78, 5) is 12.7. The van der Waals surface area contributed by atoms with Crippen molar-refractivity contribution < 1.29 is 24.1 Å². The fraction of sp³-hybridized carbons (Fsp3) is 0.278. The second-order valence-electron chi connectivity index (χ2n) is 5.58. The number of anilines is 1. The summed E-state index contributed by atoms with van der Waals surface area (Å²) >= 11 is 0. The number of benzene rings is 2. The first kappa shape index (κ1) is 16.8. The fourth-order valence-corrected chi connectivity index (χ4v) is 2.58. The maximum atomic E-state index is 11.5. The van der Waals surface area contributed by atoms with Gasteiger partial charge in [0.25, 0.3) is 0 Å². The molecule has 0 aromatic heterocycles. The van der Waals surface area contributed by atoms with Gasteiger partial charge < -0.3 is 30.0 Å². The third-order valence-electron chi connectivity index (χ3n) is 3.74. The first-order valence-electron chi connectivity index (χ1n) is 7.97. The zero-order chi connectivity index (χ0) is 17.6. The van der Waals surface area contributed by atoms with Gasteiger partial charge in [-0.05, 0) is 29.8 Å². The van der Waals surface area contributed by atoms with Crippen LogP contribution in [0.2, 0.25) is 0 Å². The lowest BCUT2D eigenvalue weighted by Crippen LogP contribution is -2.33. The minimum Gasteiger partial charge on any atom is -0.488 e. The van der Waals surface area contributed by atoms with Crippen molar-refractivity contribution in [2.45, 2.75) is 6.54 Å². The summed E-state index contributed by atoms with van der Waals surface area (Å²) in [6, 6.07) is 12.6. The van der Waals surface area contributed by atoms with Gasteiger partial charge in [0.1, 0.15) is 19.8 Å². The van der Waals surface area contributed by atoms with E-state index in [1.807, 2.05) is 18.2 Å². The first-order chi connectivity index (χ1) is 12.1. The Morgan fingerprint density at radius 2 is 2.00 bits per heavy atom. The lowest BCUT2D eigenvalue weighted by Gasteiger charge is -2.22. The molecule has 25 heavy (non-hydrogen) atoms. The van der Waals surface area contributed by atoms with Gasteiger partial charge in [-0.25, -0.2) is 4.79 Å². The van der Waals surface area contributed by atoms with Crippen molar-refractivity contribution >= 4 is 11.8 Å². The van der Waals surface area contributed by atoms with Crippen LogP contribution in [-0.4, -0.2) is 42.5 Å². The van der Waals surface area contributed by atoms with Crippen molar-refractivity contribution in [2.75, 3.05) is 32.1 Å². The molecule has 0 aliphatic carbocycles. The Morgan fingerprint density at radius 3 is 2.80 bits per heavy atom. The second-order valence-corrected chi connectivity index (χ2v) is 5.58. The van der Waals surface area contributed by atoms with E-state index < -0.39 is 6.09 Å². The van der Waals surface area contributed by atoms with Gasteiger partial charge in [0.15, 0.2) is 11.5 Å². The van der Waals surface area contributed by atoms with E-state index in [4.69, 9.17) is 19.9 Å². The summed E-state index contributed by atoms with van der Waals surface area (Å²) in [7, 11) is 0. The van der Waals surface area contributed by atoms with E-state index in [2.05, 4.69) is 0 Å². The van der Waals surface area contributed by atoms with E-state index in [-0.39, 0.29) is 19.7 Å². The number of para-hydroxylation sites is 1. The normalized spacial score (nSPS) is 12.5. The van der Waals surface area contributed by atoms with E-state index in [0.29, 0.717) is 36.1 Å². The molecule has 0 fully saturated rings. The van der Waals surface area contributed by atoms with Crippen molar-refractivity contribution in [1.29, 1.82) is 0 Å². The number of hydrogen-bond acceptors (Lipinski definition) is 5. The molecule has 1 amide bonds. The van der Waals surface area contributed by atoms with Gasteiger partial charge >= 0.3 is 6.09 Å². The van der Waals surface area contributed by atoms with Crippen LogP contribution < -0.4 is 19.9 Å². The Morgan fingerprint density at radius 1 is 1.20 bits per heavy atom. The standard InChI is InChI=1S/C18H20N2O5/c19-14-4-1-3-13(11-14)12-20(18(21)22)7-8-23-15-5-2-6-16-17(15)25-10-9-24-16/h1-6,11H,7-10,12,19H2,(H,21,22). The summed E-state index contributed by atoms with van der Waals surface area (Å²) in [5, 5.41) is 9.39. The number of hydrogen-bond donors (Lipinski definition) is 2. The number of amides is 1. The van der Waals surface area contributed by atoms with Gasteiger partial charge in [0.2, 0.25) is 5.75 Å². The van der Waals surface area contributed by atoms with Crippen LogP contribution in [0.15, 0.2) is 42.5 Å². The van der Waals surface area contributed by atoms with Gasteiger partial charge in [-0.15, -0.1) is 0 Å². The Hall–Kier alpha value is -3.09. The quantitative estimate of drug-likeness (QED) is 0.782. The maximum Gasteiger partial charge on any atom is 0.407 e.